The highest BCUT2D eigenvalue weighted by Gasteiger charge is 2.19. The summed E-state index contributed by atoms with van der Waals surface area (Å²) in [6.45, 7) is 0.825. The van der Waals surface area contributed by atoms with Crippen LogP contribution >= 0.6 is 0 Å². The first-order chi connectivity index (χ1) is 13.5. The normalized spacial score (nSPS) is 13.9. The highest BCUT2D eigenvalue weighted by atomic mass is 19.1. The Morgan fingerprint density at radius 2 is 1.82 bits per heavy atom. The molecule has 1 heterocycles. The van der Waals surface area contributed by atoms with E-state index in [-0.39, 0.29) is 23.9 Å². The lowest BCUT2D eigenvalue weighted by Gasteiger charge is -2.27. The summed E-state index contributed by atoms with van der Waals surface area (Å²) in [6.07, 6.45) is 2.48. The molecule has 1 aliphatic heterocycles. The van der Waals surface area contributed by atoms with Gasteiger partial charge in [0.05, 0.1) is 6.54 Å². The van der Waals surface area contributed by atoms with Gasteiger partial charge in [-0.2, -0.15) is 0 Å². The fourth-order valence-corrected chi connectivity index (χ4v) is 3.04. The second-order valence-electron chi connectivity index (χ2n) is 6.64. The van der Waals surface area contributed by atoms with Gasteiger partial charge in [0.15, 0.2) is 0 Å². The van der Waals surface area contributed by atoms with Gasteiger partial charge in [0, 0.05) is 30.8 Å². The van der Waals surface area contributed by atoms with E-state index in [4.69, 9.17) is 0 Å². The Kier molecular flexibility index (Phi) is 6.37. The Labute approximate surface area is 162 Å². The third-order valence-electron chi connectivity index (χ3n) is 4.55. The average molecular weight is 383 g/mol. The Hall–Kier alpha value is -3.22. The molecule has 0 unspecified atom stereocenters. The van der Waals surface area contributed by atoms with Gasteiger partial charge in [-0.05, 0) is 54.8 Å². The van der Waals surface area contributed by atoms with Crippen molar-refractivity contribution in [2.24, 2.45) is 0 Å². The van der Waals surface area contributed by atoms with Crippen molar-refractivity contribution in [3.05, 3.63) is 65.5 Å². The molecule has 2 aromatic carbocycles. The Balaban J connectivity index is 1.49. The highest BCUT2D eigenvalue weighted by Crippen LogP contribution is 2.21. The molecule has 1 saturated heterocycles. The molecule has 146 valence electrons. The quantitative estimate of drug-likeness (QED) is 0.804. The van der Waals surface area contributed by atoms with Crippen LogP contribution in [-0.2, 0) is 16.1 Å². The number of hydrogen-bond donors (Lipinski definition) is 2. The first-order valence-electron chi connectivity index (χ1n) is 9.23. The second kappa shape index (κ2) is 9.12. The molecule has 3 rings (SSSR count). The van der Waals surface area contributed by atoms with Crippen LogP contribution in [0.15, 0.2) is 48.5 Å². The molecule has 0 aromatic heterocycles. The number of amides is 3. The van der Waals surface area contributed by atoms with Crippen LogP contribution in [0.3, 0.4) is 0 Å². The zero-order chi connectivity index (χ0) is 19.9. The predicted octanol–water partition coefficient (Wildman–Crippen LogP) is 2.39. The fourth-order valence-electron chi connectivity index (χ4n) is 3.04. The molecule has 1 aliphatic rings. The van der Waals surface area contributed by atoms with Gasteiger partial charge in [-0.25, -0.2) is 4.39 Å². The van der Waals surface area contributed by atoms with Crippen molar-refractivity contribution >= 4 is 23.4 Å². The molecule has 0 saturated carbocycles. The van der Waals surface area contributed by atoms with Gasteiger partial charge < -0.3 is 15.5 Å². The lowest BCUT2D eigenvalue weighted by molar-refractivity contribution is -0.120. The summed E-state index contributed by atoms with van der Waals surface area (Å²) < 4.78 is 12.9. The van der Waals surface area contributed by atoms with Crippen molar-refractivity contribution in [2.75, 3.05) is 18.0 Å². The number of carbonyl (C=O) groups excluding carboxylic acids is 3. The SMILES string of the molecule is O=C(CNC(=O)c1ccc(F)cc1)NCc1cccc(N2CCCCC2=O)c1. The van der Waals surface area contributed by atoms with Gasteiger partial charge in [0.1, 0.15) is 5.82 Å². The van der Waals surface area contributed by atoms with Crippen molar-refractivity contribution in [3.63, 3.8) is 0 Å². The number of carbonyl (C=O) groups is 3. The number of piperidine rings is 1. The largest absolute Gasteiger partial charge is 0.350 e. The smallest absolute Gasteiger partial charge is 0.251 e. The molecule has 0 aliphatic carbocycles. The summed E-state index contributed by atoms with van der Waals surface area (Å²) in [7, 11) is 0. The van der Waals surface area contributed by atoms with Crippen molar-refractivity contribution in [1.82, 2.24) is 10.6 Å². The van der Waals surface area contributed by atoms with Crippen molar-refractivity contribution in [3.8, 4) is 0 Å². The summed E-state index contributed by atoms with van der Waals surface area (Å²) in [5, 5.41) is 5.24. The van der Waals surface area contributed by atoms with Crippen LogP contribution in [-0.4, -0.2) is 30.8 Å². The third kappa shape index (κ3) is 5.16. The first kappa shape index (κ1) is 19.5. The van der Waals surface area contributed by atoms with Crippen molar-refractivity contribution in [1.29, 1.82) is 0 Å². The molecule has 2 aromatic rings. The topological polar surface area (TPSA) is 78.5 Å². The molecule has 0 radical (unpaired) electrons. The molecule has 7 heteroatoms. The maximum absolute atomic E-state index is 12.9. The Morgan fingerprint density at radius 3 is 2.57 bits per heavy atom. The van der Waals surface area contributed by atoms with Crippen molar-refractivity contribution in [2.45, 2.75) is 25.8 Å². The molecular formula is C21H22FN3O3. The minimum absolute atomic E-state index is 0.121. The van der Waals surface area contributed by atoms with E-state index in [9.17, 15) is 18.8 Å². The van der Waals surface area contributed by atoms with Crippen LogP contribution in [0, 0.1) is 5.82 Å². The van der Waals surface area contributed by atoms with E-state index in [2.05, 4.69) is 10.6 Å². The lowest BCUT2D eigenvalue weighted by atomic mass is 10.1. The minimum atomic E-state index is -0.444. The van der Waals surface area contributed by atoms with Gasteiger partial charge in [0.25, 0.3) is 5.91 Å². The van der Waals surface area contributed by atoms with E-state index in [1.165, 1.54) is 24.3 Å². The van der Waals surface area contributed by atoms with E-state index in [1.54, 1.807) is 4.90 Å². The van der Waals surface area contributed by atoms with E-state index >= 15 is 0 Å². The predicted molar refractivity (Wildman–Crippen MR) is 103 cm³/mol. The number of hydrogen-bond acceptors (Lipinski definition) is 3. The van der Waals surface area contributed by atoms with Gasteiger partial charge in [-0.15, -0.1) is 0 Å². The molecule has 0 spiro atoms. The monoisotopic (exact) mass is 383 g/mol. The average Bonchev–Trinajstić information content (AvgIpc) is 2.71. The van der Waals surface area contributed by atoms with E-state index in [1.807, 2.05) is 24.3 Å². The molecule has 1 fully saturated rings. The van der Waals surface area contributed by atoms with Crippen LogP contribution < -0.4 is 15.5 Å². The van der Waals surface area contributed by atoms with Gasteiger partial charge in [-0.3, -0.25) is 14.4 Å². The first-order valence-corrected chi connectivity index (χ1v) is 9.23. The summed E-state index contributed by atoms with van der Waals surface area (Å²) in [5.74, 6) is -1.09. The maximum atomic E-state index is 12.9. The highest BCUT2D eigenvalue weighted by molar-refractivity contribution is 5.96. The number of nitrogens with zero attached hydrogens (tertiary/aromatic N) is 1. The van der Waals surface area contributed by atoms with Crippen LogP contribution in [0.5, 0.6) is 0 Å². The third-order valence-corrected chi connectivity index (χ3v) is 4.55. The van der Waals surface area contributed by atoms with Crippen LogP contribution in [0.4, 0.5) is 10.1 Å². The van der Waals surface area contributed by atoms with Crippen molar-refractivity contribution < 1.29 is 18.8 Å². The van der Waals surface area contributed by atoms with Crippen LogP contribution in [0.1, 0.15) is 35.2 Å². The zero-order valence-corrected chi connectivity index (χ0v) is 15.4. The van der Waals surface area contributed by atoms with Crippen LogP contribution in [0.2, 0.25) is 0 Å². The van der Waals surface area contributed by atoms with Gasteiger partial charge in [-0.1, -0.05) is 12.1 Å². The molecule has 0 atom stereocenters. The van der Waals surface area contributed by atoms with E-state index in [0.29, 0.717) is 19.5 Å². The molecule has 2 N–H and O–H groups in total. The number of benzene rings is 2. The summed E-state index contributed by atoms with van der Waals surface area (Å²) in [6, 6.07) is 12.6. The number of anilines is 1. The van der Waals surface area contributed by atoms with E-state index in [0.717, 1.165) is 24.1 Å². The van der Waals surface area contributed by atoms with Crippen LogP contribution in [0.25, 0.3) is 0 Å². The molecule has 28 heavy (non-hydrogen) atoms. The fraction of sp³-hybridized carbons (Fsp3) is 0.286. The number of halogens is 1. The van der Waals surface area contributed by atoms with Gasteiger partial charge in [0.2, 0.25) is 11.8 Å². The molecule has 0 bridgehead atoms. The number of nitrogens with one attached hydrogen (secondary N) is 2. The molecular weight excluding hydrogens is 361 g/mol. The minimum Gasteiger partial charge on any atom is -0.350 e. The van der Waals surface area contributed by atoms with Gasteiger partial charge >= 0.3 is 0 Å². The molecule has 6 nitrogen and oxygen atoms in total. The zero-order valence-electron chi connectivity index (χ0n) is 15.4. The molecule has 3 amide bonds. The summed E-state index contributed by atoms with van der Waals surface area (Å²) >= 11 is 0. The maximum Gasteiger partial charge on any atom is 0.251 e. The number of rotatable bonds is 6. The second-order valence-corrected chi connectivity index (χ2v) is 6.64. The Morgan fingerprint density at radius 1 is 1.04 bits per heavy atom. The summed E-state index contributed by atoms with van der Waals surface area (Å²) in [4.78, 5) is 37.8. The Bertz CT molecular complexity index is 867. The standard InChI is InChI=1S/C21H22FN3O3/c22-17-9-7-16(8-10-17)21(28)24-14-19(26)23-13-15-4-3-5-18(12-15)25-11-2-1-6-20(25)27/h3-5,7-10,12H,1-2,6,11,13-14H2,(H,23,26)(H,24,28). The summed E-state index contributed by atoms with van der Waals surface area (Å²) in [5.41, 5.74) is 1.99. The lowest BCUT2D eigenvalue weighted by Crippen LogP contribution is -2.37. The van der Waals surface area contributed by atoms with E-state index < -0.39 is 11.7 Å².